The van der Waals surface area contributed by atoms with Gasteiger partial charge in [0.15, 0.2) is 0 Å². The van der Waals surface area contributed by atoms with Crippen molar-refractivity contribution in [3.05, 3.63) is 120 Å². The summed E-state index contributed by atoms with van der Waals surface area (Å²) in [5.41, 5.74) is -0.879. The van der Waals surface area contributed by atoms with Gasteiger partial charge < -0.3 is 9.47 Å². The molecule has 0 radical (unpaired) electrons. The Morgan fingerprint density at radius 3 is 0.932 bits per heavy atom. The molecule has 0 aliphatic carbocycles. The molecule has 0 heterocycles. The molecule has 0 aromatic heterocycles. The first-order valence-corrected chi connectivity index (χ1v) is 14.2. The summed E-state index contributed by atoms with van der Waals surface area (Å²) in [4.78, 5) is 0. The van der Waals surface area contributed by atoms with Gasteiger partial charge in [-0.2, -0.15) is 48.2 Å². The molecular weight excluding hydrogens is 588 g/mol. The number of rotatable bonds is 8. The Labute approximate surface area is 279 Å². The van der Waals surface area contributed by atoms with Crippen LogP contribution in [0.1, 0.15) is 38.8 Å². The van der Waals surface area contributed by atoms with E-state index in [0.717, 1.165) is 38.6 Å². The molecule has 232 valence electrons. The topological polar surface area (TPSA) is 18.5 Å². The average molecular weight is 626 g/mol. The van der Waals surface area contributed by atoms with Gasteiger partial charge in [0.2, 0.25) is 0 Å². The van der Waals surface area contributed by atoms with Crippen molar-refractivity contribution in [3.8, 4) is 0 Å². The Balaban J connectivity index is 0.000000765. The van der Waals surface area contributed by atoms with Crippen molar-refractivity contribution in [2.45, 2.75) is 40.0 Å². The first-order valence-electron chi connectivity index (χ1n) is 14.2. The molecule has 4 rings (SSSR count). The summed E-state index contributed by atoms with van der Waals surface area (Å²) >= 11 is 0. The van der Waals surface area contributed by atoms with Crippen LogP contribution in [0, 0.1) is 0 Å². The predicted molar refractivity (Wildman–Crippen MR) is 164 cm³/mol. The van der Waals surface area contributed by atoms with Gasteiger partial charge in [0, 0.05) is 26.4 Å². The van der Waals surface area contributed by atoms with E-state index in [1.54, 1.807) is 91.0 Å². The van der Waals surface area contributed by atoms with Crippen LogP contribution < -0.4 is 51.4 Å². The van der Waals surface area contributed by atoms with Crippen LogP contribution >= 0.6 is 0 Å². The Bertz CT molecular complexity index is 1200. The molecule has 0 aliphatic heterocycles. The third-order valence-electron chi connectivity index (χ3n) is 6.83. The summed E-state index contributed by atoms with van der Waals surface area (Å²) in [5, 5.41) is 0. The molecule has 4 aromatic rings. The molecule has 2 nitrogen and oxygen atoms in total. The van der Waals surface area contributed by atoms with Crippen molar-refractivity contribution in [1.29, 1.82) is 0 Å². The fraction of sp³-hybridized carbons (Fsp3) is 0.294. The second-order valence-corrected chi connectivity index (χ2v) is 9.50. The van der Waals surface area contributed by atoms with E-state index in [2.05, 4.69) is 0 Å². The summed E-state index contributed by atoms with van der Waals surface area (Å²) in [6.07, 6.45) is -12.2. The van der Waals surface area contributed by atoms with Gasteiger partial charge in [-0.25, -0.2) is 0 Å². The minimum Gasteiger partial charge on any atom is -0.382 e. The van der Waals surface area contributed by atoms with Crippen molar-refractivity contribution in [3.63, 3.8) is 0 Å². The third kappa shape index (κ3) is 10.8. The van der Waals surface area contributed by atoms with Gasteiger partial charge in [0.05, 0.1) is 11.1 Å². The van der Waals surface area contributed by atoms with E-state index in [1.807, 2.05) is 27.7 Å². The van der Waals surface area contributed by atoms with E-state index >= 15 is 0 Å². The van der Waals surface area contributed by atoms with Gasteiger partial charge in [-0.3, -0.25) is 0 Å². The molecule has 10 heteroatoms. The van der Waals surface area contributed by atoms with Gasteiger partial charge in [-0.15, -0.1) is 0 Å². The summed E-state index contributed by atoms with van der Waals surface area (Å²) in [7, 11) is 0. The van der Waals surface area contributed by atoms with Crippen LogP contribution in [0.5, 0.6) is 0 Å². The van der Waals surface area contributed by atoms with Gasteiger partial charge in [-0.1, -0.05) is 103 Å². The zero-order valence-electron chi connectivity index (χ0n) is 25.9. The fourth-order valence-electron chi connectivity index (χ4n) is 5.02. The molecule has 44 heavy (non-hydrogen) atoms. The third-order valence-corrected chi connectivity index (χ3v) is 6.83. The molecule has 0 saturated carbocycles. The maximum absolute atomic E-state index is 13.8. The first-order chi connectivity index (χ1) is 20.5. The van der Waals surface area contributed by atoms with Crippen molar-refractivity contribution in [1.82, 2.24) is 0 Å². The molecule has 0 fully saturated rings. The maximum Gasteiger partial charge on any atom is 1.00 e. The van der Waals surface area contributed by atoms with Gasteiger partial charge in [0.25, 0.3) is 0 Å². The van der Waals surface area contributed by atoms with Crippen LogP contribution in [-0.4, -0.2) is 32.6 Å². The van der Waals surface area contributed by atoms with E-state index < -0.39 is 29.6 Å². The summed E-state index contributed by atoms with van der Waals surface area (Å²) in [6, 6.07) is 28.0. The Hall–Kier alpha value is -2.56. The van der Waals surface area contributed by atoms with Crippen molar-refractivity contribution in [2.75, 3.05) is 26.4 Å². The predicted octanol–water partition coefficient (Wildman–Crippen LogP) is 4.19. The zero-order chi connectivity index (χ0) is 31.9. The zero-order valence-corrected chi connectivity index (χ0v) is 27.9. The second kappa shape index (κ2) is 19.1. The molecule has 0 bridgehead atoms. The molecule has 0 aliphatic rings. The van der Waals surface area contributed by atoms with Crippen LogP contribution in [0.3, 0.4) is 0 Å². The Morgan fingerprint density at radius 2 is 0.727 bits per heavy atom. The first kappa shape index (κ1) is 39.5. The number of halogens is 6. The molecule has 0 atom stereocenters. The number of benzene rings is 4. The van der Waals surface area contributed by atoms with E-state index in [-0.39, 0.29) is 41.1 Å². The molecule has 0 saturated heterocycles. The largest absolute Gasteiger partial charge is 1.00 e. The number of hydrogen-bond donors (Lipinski definition) is 0. The van der Waals surface area contributed by atoms with Crippen molar-refractivity contribution >= 4 is 28.0 Å². The normalized spacial score (nSPS) is 11.3. The second-order valence-electron chi connectivity index (χ2n) is 9.50. The van der Waals surface area contributed by atoms with Crippen molar-refractivity contribution < 1.29 is 65.4 Å². The monoisotopic (exact) mass is 626 g/mol. The minimum absolute atomic E-state index is 0. The molecule has 0 N–H and O–H groups in total. The number of alkyl halides is 6. The van der Waals surface area contributed by atoms with Crippen LogP contribution in [0.4, 0.5) is 26.3 Å². The smallest absolute Gasteiger partial charge is 0.382 e. The van der Waals surface area contributed by atoms with E-state index in [1.165, 1.54) is 0 Å². The minimum atomic E-state index is -4.94. The van der Waals surface area contributed by atoms with Crippen LogP contribution in [-0.2, 0) is 21.8 Å². The maximum atomic E-state index is 13.8. The SMILES string of the molecule is CCOCC.CCOCC.FC(F)(F)c1cc([B-](c2ccccc2)(c2ccccc2)c2ccccc2)cc(C(F)(F)F)c1.[Na+]. The summed E-state index contributed by atoms with van der Waals surface area (Å²) in [5.74, 6) is 0. The van der Waals surface area contributed by atoms with Crippen LogP contribution in [0.2, 0.25) is 0 Å². The number of hydrogen-bond acceptors (Lipinski definition) is 2. The van der Waals surface area contributed by atoms with Crippen molar-refractivity contribution in [2.24, 2.45) is 0 Å². The summed E-state index contributed by atoms with van der Waals surface area (Å²) in [6.45, 7) is 11.3. The Kier molecular flexibility index (Phi) is 17.1. The Morgan fingerprint density at radius 1 is 0.455 bits per heavy atom. The molecule has 0 unspecified atom stereocenters. The van der Waals surface area contributed by atoms with Gasteiger partial charge >= 0.3 is 41.9 Å². The standard InChI is InChI=1S/C26H18BF6.2C4H10O.Na/c28-25(29,30)19-16-20(26(31,32)33)18-24(17-19)27(21-10-4-1-5-11-21,22-12-6-2-7-13-22)23-14-8-3-9-15-23;2*1-3-5-4-2;/h1-18H;2*3-4H2,1-2H3;/q-1;;;+1. The molecular formula is C34H38BF6NaO2. The quantitative estimate of drug-likeness (QED) is 0.216. The molecule has 0 spiro atoms. The number of ether oxygens (including phenoxy) is 2. The molecule has 4 aromatic carbocycles. The summed E-state index contributed by atoms with van der Waals surface area (Å²) < 4.78 is 92.3. The van der Waals surface area contributed by atoms with Crippen LogP contribution in [0.25, 0.3) is 0 Å². The van der Waals surface area contributed by atoms with E-state index in [0.29, 0.717) is 16.4 Å². The van der Waals surface area contributed by atoms with Gasteiger partial charge in [0.1, 0.15) is 6.15 Å². The van der Waals surface area contributed by atoms with E-state index in [4.69, 9.17) is 9.47 Å². The van der Waals surface area contributed by atoms with E-state index in [9.17, 15) is 26.3 Å². The van der Waals surface area contributed by atoms with Crippen LogP contribution in [0.15, 0.2) is 109 Å². The molecule has 0 amide bonds. The average Bonchev–Trinajstić information content (AvgIpc) is 3.00. The van der Waals surface area contributed by atoms with Gasteiger partial charge in [-0.05, 0) is 33.8 Å². The fourth-order valence-corrected chi connectivity index (χ4v) is 5.02.